The van der Waals surface area contributed by atoms with Crippen LogP contribution < -0.4 is 10.2 Å². The molecule has 2 aromatic carbocycles. The maximum atomic E-state index is 13.6. The van der Waals surface area contributed by atoms with Crippen molar-refractivity contribution >= 4 is 38.9 Å². The standard InChI is InChI=1S/C25H19BrFN3OS/c1-15-5-4-6-17(13-15)30-24(23(29-25(30)32)20-7-2-3-12-28-20)22-11-10-21(31-22)18-9-8-16(27)14-19(18)26/h2-14,23-24H,1H3,(H,29,32). The fraction of sp³-hybridized carbons (Fsp3) is 0.120. The van der Waals surface area contributed by atoms with Gasteiger partial charge in [-0.05, 0) is 95.2 Å². The van der Waals surface area contributed by atoms with Gasteiger partial charge in [-0.25, -0.2) is 4.39 Å². The molecule has 4 aromatic rings. The van der Waals surface area contributed by atoms with Crippen LogP contribution in [0.15, 0.2) is 87.9 Å². The summed E-state index contributed by atoms with van der Waals surface area (Å²) in [5.41, 5.74) is 3.77. The van der Waals surface area contributed by atoms with Crippen LogP contribution in [0.1, 0.15) is 29.1 Å². The average molecular weight is 508 g/mol. The van der Waals surface area contributed by atoms with Crippen molar-refractivity contribution in [3.05, 3.63) is 106 Å². The molecule has 2 atom stereocenters. The third kappa shape index (κ3) is 3.82. The van der Waals surface area contributed by atoms with Crippen molar-refractivity contribution in [3.63, 3.8) is 0 Å². The Morgan fingerprint density at radius 2 is 1.94 bits per heavy atom. The summed E-state index contributed by atoms with van der Waals surface area (Å²) in [4.78, 5) is 6.64. The molecule has 1 fully saturated rings. The second kappa shape index (κ2) is 8.48. The van der Waals surface area contributed by atoms with Crippen molar-refractivity contribution in [3.8, 4) is 11.3 Å². The van der Waals surface area contributed by atoms with Gasteiger partial charge in [0.25, 0.3) is 0 Å². The Labute approximate surface area is 199 Å². The van der Waals surface area contributed by atoms with Gasteiger partial charge in [0.15, 0.2) is 5.11 Å². The molecule has 0 radical (unpaired) electrons. The lowest BCUT2D eigenvalue weighted by molar-refractivity contribution is 0.439. The Morgan fingerprint density at radius 3 is 2.69 bits per heavy atom. The largest absolute Gasteiger partial charge is 0.459 e. The van der Waals surface area contributed by atoms with Crippen LogP contribution in [0, 0.1) is 12.7 Å². The first-order valence-corrected chi connectivity index (χ1v) is 11.3. The molecule has 4 nitrogen and oxygen atoms in total. The molecular formula is C25H19BrFN3OS. The highest BCUT2D eigenvalue weighted by atomic mass is 79.9. The van der Waals surface area contributed by atoms with Crippen molar-refractivity contribution in [2.75, 3.05) is 4.90 Å². The normalized spacial score (nSPS) is 18.1. The molecule has 160 valence electrons. The molecule has 0 aliphatic carbocycles. The summed E-state index contributed by atoms with van der Waals surface area (Å²) in [7, 11) is 0. The van der Waals surface area contributed by atoms with Gasteiger partial charge in [-0.1, -0.05) is 18.2 Å². The van der Waals surface area contributed by atoms with Crippen molar-refractivity contribution in [2.45, 2.75) is 19.0 Å². The number of aryl methyl sites for hydroxylation is 1. The minimum absolute atomic E-state index is 0.195. The zero-order valence-electron chi connectivity index (χ0n) is 17.1. The topological polar surface area (TPSA) is 41.3 Å². The van der Waals surface area contributed by atoms with E-state index in [1.807, 2.05) is 42.5 Å². The SMILES string of the molecule is Cc1cccc(N2C(=S)NC(c3ccccn3)C2c2ccc(-c3ccc(F)cc3Br)o2)c1. The Bertz CT molecular complexity index is 1290. The molecule has 7 heteroatoms. The van der Waals surface area contributed by atoms with Gasteiger partial charge in [0.1, 0.15) is 23.4 Å². The van der Waals surface area contributed by atoms with Gasteiger partial charge in [0, 0.05) is 21.9 Å². The van der Waals surface area contributed by atoms with Crippen molar-refractivity contribution < 1.29 is 8.81 Å². The molecule has 2 unspecified atom stereocenters. The molecule has 1 aliphatic heterocycles. The minimum Gasteiger partial charge on any atom is -0.459 e. The van der Waals surface area contributed by atoms with E-state index < -0.39 is 0 Å². The molecule has 3 heterocycles. The summed E-state index contributed by atoms with van der Waals surface area (Å²) < 4.78 is 20.5. The van der Waals surface area contributed by atoms with Crippen molar-refractivity contribution in [1.29, 1.82) is 0 Å². The van der Waals surface area contributed by atoms with Crippen LogP contribution in [-0.4, -0.2) is 10.1 Å². The van der Waals surface area contributed by atoms with Gasteiger partial charge in [-0.3, -0.25) is 4.98 Å². The predicted molar refractivity (Wildman–Crippen MR) is 131 cm³/mol. The number of hydrogen-bond acceptors (Lipinski definition) is 3. The highest BCUT2D eigenvalue weighted by Gasteiger charge is 2.42. The van der Waals surface area contributed by atoms with E-state index in [0.29, 0.717) is 15.3 Å². The predicted octanol–water partition coefficient (Wildman–Crippen LogP) is 6.73. The summed E-state index contributed by atoms with van der Waals surface area (Å²) in [6.07, 6.45) is 1.77. The third-order valence-electron chi connectivity index (χ3n) is 5.49. The summed E-state index contributed by atoms with van der Waals surface area (Å²) in [5.74, 6) is 1.08. The van der Waals surface area contributed by atoms with Crippen molar-refractivity contribution in [1.82, 2.24) is 10.3 Å². The molecular weight excluding hydrogens is 489 g/mol. The first-order chi connectivity index (χ1) is 15.5. The van der Waals surface area contributed by atoms with Gasteiger partial charge < -0.3 is 14.6 Å². The van der Waals surface area contributed by atoms with Crippen LogP contribution in [0.25, 0.3) is 11.3 Å². The van der Waals surface area contributed by atoms with Crippen molar-refractivity contribution in [2.24, 2.45) is 0 Å². The fourth-order valence-electron chi connectivity index (χ4n) is 4.05. The monoisotopic (exact) mass is 507 g/mol. The van der Waals surface area contributed by atoms with E-state index in [4.69, 9.17) is 16.6 Å². The molecule has 0 bridgehead atoms. The fourth-order valence-corrected chi connectivity index (χ4v) is 4.94. The lowest BCUT2D eigenvalue weighted by Crippen LogP contribution is -2.29. The number of halogens is 2. The number of hydrogen-bond donors (Lipinski definition) is 1. The highest BCUT2D eigenvalue weighted by Crippen LogP contribution is 2.43. The van der Waals surface area contributed by atoms with Crippen LogP contribution in [0.3, 0.4) is 0 Å². The Balaban J connectivity index is 1.61. The van der Waals surface area contributed by atoms with Gasteiger partial charge in [0.2, 0.25) is 0 Å². The number of nitrogens with zero attached hydrogens (tertiary/aromatic N) is 2. The summed E-state index contributed by atoms with van der Waals surface area (Å²) in [6, 6.07) is 22.0. The van der Waals surface area contributed by atoms with Gasteiger partial charge >= 0.3 is 0 Å². The van der Waals surface area contributed by atoms with E-state index in [2.05, 4.69) is 50.2 Å². The molecule has 0 saturated carbocycles. The molecule has 32 heavy (non-hydrogen) atoms. The maximum absolute atomic E-state index is 13.6. The van der Waals surface area contributed by atoms with E-state index in [1.165, 1.54) is 12.1 Å². The molecule has 1 N–H and O–H groups in total. The molecule has 1 saturated heterocycles. The zero-order chi connectivity index (χ0) is 22.2. The number of benzene rings is 2. The first-order valence-electron chi connectivity index (χ1n) is 10.1. The van der Waals surface area contributed by atoms with E-state index >= 15 is 0 Å². The van der Waals surface area contributed by atoms with E-state index in [1.54, 1.807) is 12.3 Å². The summed E-state index contributed by atoms with van der Waals surface area (Å²) in [6.45, 7) is 2.05. The molecule has 0 spiro atoms. The summed E-state index contributed by atoms with van der Waals surface area (Å²) >= 11 is 9.19. The smallest absolute Gasteiger partial charge is 0.174 e. The average Bonchev–Trinajstić information content (AvgIpc) is 3.39. The molecule has 1 aliphatic rings. The number of anilines is 1. The number of rotatable bonds is 4. The minimum atomic E-state index is -0.307. The van der Waals surface area contributed by atoms with Crippen LogP contribution in [0.4, 0.5) is 10.1 Å². The lowest BCUT2D eigenvalue weighted by Gasteiger charge is -2.26. The quantitative estimate of drug-likeness (QED) is 0.310. The van der Waals surface area contributed by atoms with Gasteiger partial charge in [-0.2, -0.15) is 0 Å². The molecule has 0 amide bonds. The van der Waals surface area contributed by atoms with E-state index in [-0.39, 0.29) is 17.9 Å². The highest BCUT2D eigenvalue weighted by molar-refractivity contribution is 9.10. The van der Waals surface area contributed by atoms with Crippen LogP contribution in [-0.2, 0) is 0 Å². The second-order valence-corrected chi connectivity index (χ2v) is 8.90. The number of pyridine rings is 1. The molecule has 5 rings (SSSR count). The van der Waals surface area contributed by atoms with Crippen LogP contribution in [0.5, 0.6) is 0 Å². The number of furan rings is 1. The zero-order valence-corrected chi connectivity index (χ0v) is 19.5. The maximum Gasteiger partial charge on any atom is 0.174 e. The van der Waals surface area contributed by atoms with E-state index in [0.717, 1.165) is 28.3 Å². The Morgan fingerprint density at radius 1 is 1.06 bits per heavy atom. The lowest BCUT2D eigenvalue weighted by atomic mass is 10.0. The number of nitrogens with one attached hydrogen (secondary N) is 1. The number of thiocarbonyl (C=S) groups is 1. The van der Waals surface area contributed by atoms with Crippen LogP contribution >= 0.6 is 28.1 Å². The summed E-state index contributed by atoms with van der Waals surface area (Å²) in [5, 5.41) is 4.04. The Kier molecular flexibility index (Phi) is 5.53. The van der Waals surface area contributed by atoms with Gasteiger partial charge in [-0.15, -0.1) is 0 Å². The number of aromatic nitrogens is 1. The van der Waals surface area contributed by atoms with Gasteiger partial charge in [0.05, 0.1) is 11.7 Å². The first kappa shape index (κ1) is 20.8. The van der Waals surface area contributed by atoms with E-state index in [9.17, 15) is 4.39 Å². The Hall–Kier alpha value is -3.03. The second-order valence-electron chi connectivity index (χ2n) is 7.66. The molecule has 2 aromatic heterocycles. The van der Waals surface area contributed by atoms with Crippen LogP contribution in [0.2, 0.25) is 0 Å². The third-order valence-corrected chi connectivity index (χ3v) is 6.46.